The van der Waals surface area contributed by atoms with Crippen LogP contribution in [0.5, 0.6) is 0 Å². The van der Waals surface area contributed by atoms with E-state index in [1.54, 1.807) is 0 Å². The Morgan fingerprint density at radius 1 is 1.48 bits per heavy atom. The Kier molecular flexibility index (Phi) is 5.36. The lowest BCUT2D eigenvalue weighted by Crippen LogP contribution is -2.34. The zero-order chi connectivity index (χ0) is 18.0. The molecule has 1 amide bonds. The summed E-state index contributed by atoms with van der Waals surface area (Å²) >= 11 is 1.37. The van der Waals surface area contributed by atoms with Gasteiger partial charge < -0.3 is 10.2 Å². The van der Waals surface area contributed by atoms with Crippen molar-refractivity contribution < 1.29 is 4.79 Å². The maximum Gasteiger partial charge on any atom is 0.274 e. The Bertz CT molecular complexity index is 813. The smallest absolute Gasteiger partial charge is 0.274 e. The van der Waals surface area contributed by atoms with Crippen molar-refractivity contribution >= 4 is 27.3 Å². The molecule has 1 aliphatic heterocycles. The highest BCUT2D eigenvalue weighted by Gasteiger charge is 2.22. The Hall–Kier alpha value is -1.96. The second kappa shape index (κ2) is 7.51. The van der Waals surface area contributed by atoms with Crippen LogP contribution in [0.1, 0.15) is 50.5 Å². The number of anilines is 1. The van der Waals surface area contributed by atoms with Gasteiger partial charge in [-0.25, -0.2) is 0 Å². The van der Waals surface area contributed by atoms with Crippen LogP contribution in [0.2, 0.25) is 0 Å². The number of rotatable bonds is 5. The van der Waals surface area contributed by atoms with Gasteiger partial charge in [0.05, 0.1) is 0 Å². The Morgan fingerprint density at radius 2 is 2.28 bits per heavy atom. The molecule has 0 spiro atoms. The number of hydrogen-bond acceptors (Lipinski definition) is 6. The second-order valence-electron chi connectivity index (χ2n) is 7.19. The van der Waals surface area contributed by atoms with Crippen molar-refractivity contribution in [2.45, 2.75) is 40.0 Å². The van der Waals surface area contributed by atoms with E-state index >= 15 is 0 Å². The van der Waals surface area contributed by atoms with E-state index in [2.05, 4.69) is 41.1 Å². The van der Waals surface area contributed by atoms with Gasteiger partial charge in [-0.1, -0.05) is 32.1 Å². The maximum atomic E-state index is 12.5. The first-order valence-electron chi connectivity index (χ1n) is 8.88. The minimum absolute atomic E-state index is 0.256. The molecule has 1 fully saturated rings. The number of fused-ring (bicyclic) bond motifs is 1. The first kappa shape index (κ1) is 17.8. The molecule has 0 radical (unpaired) electrons. The number of nitrogens with zero attached hydrogens (tertiary/aromatic N) is 4. The minimum Gasteiger partial charge on any atom is -0.351 e. The van der Waals surface area contributed by atoms with Crippen molar-refractivity contribution in [1.82, 2.24) is 19.9 Å². The second-order valence-corrected chi connectivity index (χ2v) is 8.12. The largest absolute Gasteiger partial charge is 0.351 e. The summed E-state index contributed by atoms with van der Waals surface area (Å²) in [5.74, 6) is 0.846. The van der Waals surface area contributed by atoms with Gasteiger partial charge >= 0.3 is 0 Å². The quantitative estimate of drug-likeness (QED) is 0.881. The highest BCUT2D eigenvalue weighted by atomic mass is 32.1. The summed E-state index contributed by atoms with van der Waals surface area (Å²) in [6, 6.07) is 1.26. The molecule has 3 rings (SSSR count). The summed E-state index contributed by atoms with van der Waals surface area (Å²) in [4.78, 5) is 31.1. The molecule has 1 N–H and O–H groups in total. The van der Waals surface area contributed by atoms with Gasteiger partial charge in [0, 0.05) is 25.7 Å². The molecule has 7 nitrogen and oxygen atoms in total. The lowest BCUT2D eigenvalue weighted by Gasteiger charge is -2.30. The molecule has 0 aromatic carbocycles. The molecule has 1 unspecified atom stereocenters. The van der Waals surface area contributed by atoms with E-state index in [0.29, 0.717) is 23.3 Å². The lowest BCUT2D eigenvalue weighted by molar-refractivity contribution is 0.0944. The zero-order valence-corrected chi connectivity index (χ0v) is 15.8. The monoisotopic (exact) mass is 363 g/mol. The van der Waals surface area contributed by atoms with Crippen LogP contribution in [0.3, 0.4) is 0 Å². The first-order valence-corrected chi connectivity index (χ1v) is 9.69. The van der Waals surface area contributed by atoms with E-state index in [4.69, 9.17) is 0 Å². The fourth-order valence-electron chi connectivity index (χ4n) is 3.02. The number of carbonyl (C=O) groups excluding carboxylic acids is 1. The molecule has 1 atom stereocenters. The van der Waals surface area contributed by atoms with E-state index in [9.17, 15) is 9.59 Å². The Balaban J connectivity index is 1.88. The van der Waals surface area contributed by atoms with E-state index in [1.165, 1.54) is 28.3 Å². The van der Waals surface area contributed by atoms with Crippen LogP contribution in [0.25, 0.3) is 4.96 Å². The van der Waals surface area contributed by atoms with Crippen molar-refractivity contribution in [2.75, 3.05) is 24.5 Å². The highest BCUT2D eigenvalue weighted by molar-refractivity contribution is 7.20. The van der Waals surface area contributed by atoms with Crippen molar-refractivity contribution in [3.63, 3.8) is 0 Å². The predicted molar refractivity (Wildman–Crippen MR) is 99.5 cm³/mol. The average molecular weight is 363 g/mol. The standard InChI is InChI=1S/C17H25N5O2S/c1-11(2)6-7-18-15(24)13-9-14(23)19-16-22(13)20-17(25-16)21-8-4-5-12(3)10-21/h9,11-12H,4-8,10H2,1-3H3,(H,18,24). The lowest BCUT2D eigenvalue weighted by atomic mass is 10.0. The minimum atomic E-state index is -0.406. The van der Waals surface area contributed by atoms with Crippen LogP contribution in [0.15, 0.2) is 10.9 Å². The number of carbonyl (C=O) groups is 1. The van der Waals surface area contributed by atoms with Gasteiger partial charge in [0.25, 0.3) is 11.5 Å². The van der Waals surface area contributed by atoms with Gasteiger partial charge in [-0.15, -0.1) is 5.10 Å². The summed E-state index contributed by atoms with van der Waals surface area (Å²) < 4.78 is 1.51. The Morgan fingerprint density at radius 3 is 3.00 bits per heavy atom. The predicted octanol–water partition coefficient (Wildman–Crippen LogP) is 2.16. The SMILES string of the molecule is CC(C)CCNC(=O)c1cc(=O)nc2sc(N3CCCC(C)C3)nn12. The fraction of sp³-hybridized carbons (Fsp3) is 0.647. The molecular formula is C17H25N5O2S. The number of hydrogen-bond donors (Lipinski definition) is 1. The highest BCUT2D eigenvalue weighted by Crippen LogP contribution is 2.27. The summed E-state index contributed by atoms with van der Waals surface area (Å²) in [5, 5.41) is 8.27. The summed E-state index contributed by atoms with van der Waals surface area (Å²) in [6.07, 6.45) is 3.24. The maximum absolute atomic E-state index is 12.5. The molecule has 2 aromatic heterocycles. The van der Waals surface area contributed by atoms with Crippen LogP contribution in [-0.4, -0.2) is 40.1 Å². The third-order valence-corrected chi connectivity index (χ3v) is 5.38. The van der Waals surface area contributed by atoms with E-state index in [1.807, 2.05) is 0 Å². The van der Waals surface area contributed by atoms with Crippen molar-refractivity contribution in [3.05, 3.63) is 22.1 Å². The normalized spacial score (nSPS) is 18.1. The molecule has 8 heteroatoms. The molecule has 0 bridgehead atoms. The van der Waals surface area contributed by atoms with E-state index < -0.39 is 5.56 Å². The molecule has 3 heterocycles. The average Bonchev–Trinajstić information content (AvgIpc) is 2.97. The van der Waals surface area contributed by atoms with Gasteiger partial charge in [-0.05, 0) is 31.1 Å². The summed E-state index contributed by atoms with van der Waals surface area (Å²) in [6.45, 7) is 8.91. The zero-order valence-electron chi connectivity index (χ0n) is 15.0. The molecule has 25 heavy (non-hydrogen) atoms. The van der Waals surface area contributed by atoms with Crippen LogP contribution >= 0.6 is 11.3 Å². The van der Waals surface area contributed by atoms with E-state index in [0.717, 1.165) is 31.1 Å². The molecule has 1 aliphatic rings. The molecule has 136 valence electrons. The van der Waals surface area contributed by atoms with Gasteiger partial charge in [-0.3, -0.25) is 9.59 Å². The topological polar surface area (TPSA) is 79.6 Å². The van der Waals surface area contributed by atoms with Gasteiger partial charge in [0.1, 0.15) is 5.69 Å². The van der Waals surface area contributed by atoms with Crippen molar-refractivity contribution in [2.24, 2.45) is 11.8 Å². The summed E-state index contributed by atoms with van der Waals surface area (Å²) in [5.41, 5.74) is -0.150. The number of piperidine rings is 1. The molecule has 2 aromatic rings. The van der Waals surface area contributed by atoms with Crippen molar-refractivity contribution in [3.8, 4) is 0 Å². The third kappa shape index (κ3) is 4.18. The fourth-order valence-corrected chi connectivity index (χ4v) is 3.96. The van der Waals surface area contributed by atoms with Crippen LogP contribution in [0.4, 0.5) is 5.13 Å². The van der Waals surface area contributed by atoms with E-state index in [-0.39, 0.29) is 11.6 Å². The van der Waals surface area contributed by atoms with Crippen LogP contribution < -0.4 is 15.8 Å². The van der Waals surface area contributed by atoms with Gasteiger partial charge in [0.2, 0.25) is 10.1 Å². The summed E-state index contributed by atoms with van der Waals surface area (Å²) in [7, 11) is 0. The molecular weight excluding hydrogens is 338 g/mol. The number of nitrogens with one attached hydrogen (secondary N) is 1. The molecule has 0 saturated carbocycles. The third-order valence-electron chi connectivity index (χ3n) is 4.41. The van der Waals surface area contributed by atoms with Gasteiger partial charge in [0.15, 0.2) is 0 Å². The molecule has 1 saturated heterocycles. The number of aromatic nitrogens is 3. The van der Waals surface area contributed by atoms with Crippen LogP contribution in [0, 0.1) is 11.8 Å². The number of amides is 1. The molecule has 0 aliphatic carbocycles. The van der Waals surface area contributed by atoms with Crippen LogP contribution in [-0.2, 0) is 0 Å². The van der Waals surface area contributed by atoms with Crippen molar-refractivity contribution in [1.29, 1.82) is 0 Å². The Labute approximate surface area is 151 Å². The first-order chi connectivity index (χ1) is 11.9. The van der Waals surface area contributed by atoms with Gasteiger partial charge in [-0.2, -0.15) is 9.50 Å².